The molecule has 0 amide bonds. The summed E-state index contributed by atoms with van der Waals surface area (Å²) in [6, 6.07) is 5.61. The maximum absolute atomic E-state index is 9.01. The summed E-state index contributed by atoms with van der Waals surface area (Å²) in [5, 5.41) is 9.70. The molecule has 1 aromatic carbocycles. The predicted molar refractivity (Wildman–Crippen MR) is 59.9 cm³/mol. The van der Waals surface area contributed by atoms with Crippen molar-refractivity contribution in [3.05, 3.63) is 39.3 Å². The molecule has 1 atom stereocenters. The Morgan fingerprint density at radius 2 is 2.23 bits per heavy atom. The molecule has 1 rings (SSSR count). The molecule has 1 N–H and O–H groups in total. The van der Waals surface area contributed by atoms with Crippen LogP contribution in [0.2, 0.25) is 5.02 Å². The lowest BCUT2D eigenvalue weighted by Crippen LogP contribution is -1.91. The van der Waals surface area contributed by atoms with Gasteiger partial charge in [0.2, 0.25) is 0 Å². The van der Waals surface area contributed by atoms with E-state index in [2.05, 4.69) is 15.9 Å². The number of halogens is 2. The third-order valence-electron chi connectivity index (χ3n) is 1.51. The summed E-state index contributed by atoms with van der Waals surface area (Å²) in [6.45, 7) is 1.71. The SMILES string of the molecule is CC(O)/C=C/c1ccc(Cl)c(Br)c1. The minimum atomic E-state index is -0.422. The average molecular weight is 262 g/mol. The Balaban J connectivity index is 2.85. The van der Waals surface area contributed by atoms with E-state index >= 15 is 0 Å². The number of aliphatic hydroxyl groups excluding tert-OH is 1. The van der Waals surface area contributed by atoms with Gasteiger partial charge in [-0.15, -0.1) is 0 Å². The van der Waals surface area contributed by atoms with Gasteiger partial charge in [-0.05, 0) is 40.5 Å². The second kappa shape index (κ2) is 4.80. The van der Waals surface area contributed by atoms with Crippen LogP contribution in [0.1, 0.15) is 12.5 Å². The Morgan fingerprint density at radius 1 is 1.54 bits per heavy atom. The van der Waals surface area contributed by atoms with E-state index < -0.39 is 6.10 Å². The highest BCUT2D eigenvalue weighted by atomic mass is 79.9. The monoisotopic (exact) mass is 260 g/mol. The number of aliphatic hydroxyl groups is 1. The lowest BCUT2D eigenvalue weighted by molar-refractivity contribution is 0.245. The lowest BCUT2D eigenvalue weighted by Gasteiger charge is -1.98. The van der Waals surface area contributed by atoms with Crippen molar-refractivity contribution in [2.75, 3.05) is 0 Å². The normalized spacial score (nSPS) is 13.5. The Bertz CT molecular complexity index is 321. The highest BCUT2D eigenvalue weighted by molar-refractivity contribution is 9.10. The fraction of sp³-hybridized carbons (Fsp3) is 0.200. The molecule has 0 spiro atoms. The molecular formula is C10H10BrClO. The minimum Gasteiger partial charge on any atom is -0.389 e. The Kier molecular flexibility index (Phi) is 3.97. The number of benzene rings is 1. The van der Waals surface area contributed by atoms with Gasteiger partial charge < -0.3 is 5.11 Å². The molecule has 0 heterocycles. The Morgan fingerprint density at radius 3 is 2.77 bits per heavy atom. The quantitative estimate of drug-likeness (QED) is 0.864. The summed E-state index contributed by atoms with van der Waals surface area (Å²) in [5.74, 6) is 0. The van der Waals surface area contributed by atoms with Crippen molar-refractivity contribution in [3.8, 4) is 0 Å². The van der Waals surface area contributed by atoms with Gasteiger partial charge in [0, 0.05) is 4.47 Å². The van der Waals surface area contributed by atoms with Crippen molar-refractivity contribution in [2.45, 2.75) is 13.0 Å². The van der Waals surface area contributed by atoms with Crippen LogP contribution in [-0.4, -0.2) is 11.2 Å². The highest BCUT2D eigenvalue weighted by Gasteiger charge is 1.96. The molecule has 1 aromatic rings. The molecular weight excluding hydrogens is 251 g/mol. The number of hydrogen-bond donors (Lipinski definition) is 1. The largest absolute Gasteiger partial charge is 0.389 e. The second-order valence-electron chi connectivity index (χ2n) is 2.77. The van der Waals surface area contributed by atoms with E-state index in [0.717, 1.165) is 10.0 Å². The van der Waals surface area contributed by atoms with Crippen molar-refractivity contribution in [2.24, 2.45) is 0 Å². The maximum Gasteiger partial charge on any atom is 0.0696 e. The fourth-order valence-corrected chi connectivity index (χ4v) is 1.38. The van der Waals surface area contributed by atoms with Gasteiger partial charge in [-0.1, -0.05) is 29.8 Å². The van der Waals surface area contributed by atoms with Gasteiger partial charge >= 0.3 is 0 Å². The summed E-state index contributed by atoms with van der Waals surface area (Å²) in [6.07, 6.45) is 3.15. The molecule has 0 saturated heterocycles. The summed E-state index contributed by atoms with van der Waals surface area (Å²) in [5.41, 5.74) is 1.01. The predicted octanol–water partition coefficient (Wildman–Crippen LogP) is 3.50. The fourth-order valence-electron chi connectivity index (χ4n) is 0.866. The van der Waals surface area contributed by atoms with Crippen LogP contribution < -0.4 is 0 Å². The molecule has 0 aliphatic heterocycles. The van der Waals surface area contributed by atoms with Gasteiger partial charge in [0.05, 0.1) is 11.1 Å². The summed E-state index contributed by atoms with van der Waals surface area (Å²) in [4.78, 5) is 0. The molecule has 1 unspecified atom stereocenters. The molecule has 13 heavy (non-hydrogen) atoms. The average Bonchev–Trinajstić information content (AvgIpc) is 2.07. The summed E-state index contributed by atoms with van der Waals surface area (Å²) < 4.78 is 0.863. The van der Waals surface area contributed by atoms with Crippen molar-refractivity contribution in [1.82, 2.24) is 0 Å². The lowest BCUT2D eigenvalue weighted by atomic mass is 10.2. The van der Waals surface area contributed by atoms with Crippen molar-refractivity contribution < 1.29 is 5.11 Å². The van der Waals surface area contributed by atoms with E-state index in [1.807, 2.05) is 24.3 Å². The Hall–Kier alpha value is -0.310. The van der Waals surface area contributed by atoms with Gasteiger partial charge in [-0.3, -0.25) is 0 Å². The van der Waals surface area contributed by atoms with Gasteiger partial charge in [0.1, 0.15) is 0 Å². The molecule has 3 heteroatoms. The van der Waals surface area contributed by atoms with E-state index in [-0.39, 0.29) is 0 Å². The minimum absolute atomic E-state index is 0.422. The van der Waals surface area contributed by atoms with E-state index in [1.165, 1.54) is 0 Å². The zero-order chi connectivity index (χ0) is 9.84. The van der Waals surface area contributed by atoms with Gasteiger partial charge in [0.25, 0.3) is 0 Å². The van der Waals surface area contributed by atoms with Gasteiger partial charge in [-0.25, -0.2) is 0 Å². The molecule has 0 fully saturated rings. The first-order valence-electron chi connectivity index (χ1n) is 3.91. The van der Waals surface area contributed by atoms with Crippen molar-refractivity contribution >= 4 is 33.6 Å². The van der Waals surface area contributed by atoms with E-state index in [0.29, 0.717) is 5.02 Å². The first-order chi connectivity index (χ1) is 6.09. The van der Waals surface area contributed by atoms with E-state index in [9.17, 15) is 0 Å². The summed E-state index contributed by atoms with van der Waals surface area (Å²) in [7, 11) is 0. The van der Waals surface area contributed by atoms with Crippen molar-refractivity contribution in [3.63, 3.8) is 0 Å². The summed E-state index contributed by atoms with van der Waals surface area (Å²) >= 11 is 9.15. The molecule has 1 nitrogen and oxygen atoms in total. The molecule has 0 bridgehead atoms. The number of rotatable bonds is 2. The van der Waals surface area contributed by atoms with Gasteiger partial charge in [-0.2, -0.15) is 0 Å². The zero-order valence-corrected chi connectivity index (χ0v) is 9.51. The number of hydrogen-bond acceptors (Lipinski definition) is 1. The third-order valence-corrected chi connectivity index (χ3v) is 2.72. The first-order valence-corrected chi connectivity index (χ1v) is 5.08. The topological polar surface area (TPSA) is 20.2 Å². The molecule has 0 aliphatic carbocycles. The van der Waals surface area contributed by atoms with Crippen LogP contribution in [0.5, 0.6) is 0 Å². The third kappa shape index (κ3) is 3.51. The van der Waals surface area contributed by atoms with Crippen LogP contribution in [0.3, 0.4) is 0 Å². The smallest absolute Gasteiger partial charge is 0.0696 e. The maximum atomic E-state index is 9.01. The highest BCUT2D eigenvalue weighted by Crippen LogP contribution is 2.23. The molecule has 70 valence electrons. The van der Waals surface area contributed by atoms with Crippen LogP contribution in [0, 0.1) is 0 Å². The van der Waals surface area contributed by atoms with Crippen LogP contribution in [0.25, 0.3) is 6.08 Å². The van der Waals surface area contributed by atoms with Crippen LogP contribution >= 0.6 is 27.5 Å². The molecule has 0 aliphatic rings. The van der Waals surface area contributed by atoms with Crippen LogP contribution in [0.4, 0.5) is 0 Å². The van der Waals surface area contributed by atoms with E-state index in [1.54, 1.807) is 13.0 Å². The standard InChI is InChI=1S/C10H10BrClO/c1-7(13)2-3-8-4-5-10(12)9(11)6-8/h2-7,13H,1H3/b3-2+. The van der Waals surface area contributed by atoms with Crippen molar-refractivity contribution in [1.29, 1.82) is 0 Å². The van der Waals surface area contributed by atoms with Crippen LogP contribution in [0.15, 0.2) is 28.7 Å². The Labute approximate surface area is 91.2 Å². The zero-order valence-electron chi connectivity index (χ0n) is 7.17. The van der Waals surface area contributed by atoms with Crippen LogP contribution in [-0.2, 0) is 0 Å². The molecule has 0 saturated carbocycles. The molecule has 0 aromatic heterocycles. The second-order valence-corrected chi connectivity index (χ2v) is 4.03. The first kappa shape index (κ1) is 10.8. The molecule has 0 radical (unpaired) electrons. The van der Waals surface area contributed by atoms with E-state index in [4.69, 9.17) is 16.7 Å². The van der Waals surface area contributed by atoms with Gasteiger partial charge in [0.15, 0.2) is 0 Å².